The van der Waals surface area contributed by atoms with Crippen molar-refractivity contribution in [1.82, 2.24) is 20.1 Å². The number of amides is 1. The molecule has 1 aromatic carbocycles. The molecule has 1 saturated heterocycles. The molecule has 2 aromatic heterocycles. The average Bonchev–Trinajstić information content (AvgIpc) is 3.44. The molecule has 0 aliphatic carbocycles. The fraction of sp³-hybridized carbons (Fsp3) is 0.318. The molecule has 1 fully saturated rings. The highest BCUT2D eigenvalue weighted by molar-refractivity contribution is 5.94. The molecule has 7 heteroatoms. The van der Waals surface area contributed by atoms with E-state index in [1.807, 2.05) is 29.2 Å². The van der Waals surface area contributed by atoms with Gasteiger partial charge in [0.15, 0.2) is 11.5 Å². The van der Waals surface area contributed by atoms with Crippen LogP contribution >= 0.6 is 0 Å². The van der Waals surface area contributed by atoms with Crippen LogP contribution in [0, 0.1) is 0 Å². The number of rotatable bonds is 7. The first-order chi connectivity index (χ1) is 14.2. The zero-order chi connectivity index (χ0) is 20.1. The first-order valence-electron chi connectivity index (χ1n) is 9.74. The van der Waals surface area contributed by atoms with Crippen molar-refractivity contribution in [3.63, 3.8) is 0 Å². The second-order valence-corrected chi connectivity index (χ2v) is 7.04. The lowest BCUT2D eigenvalue weighted by Gasteiger charge is -2.15. The highest BCUT2D eigenvalue weighted by Gasteiger charge is 2.29. The normalized spacial score (nSPS) is 16.0. The maximum absolute atomic E-state index is 12.6. The molecule has 0 radical (unpaired) electrons. The Balaban J connectivity index is 1.31. The van der Waals surface area contributed by atoms with Gasteiger partial charge in [-0.15, -0.1) is 0 Å². The molecule has 3 heterocycles. The summed E-state index contributed by atoms with van der Waals surface area (Å²) in [7, 11) is 1.63. The van der Waals surface area contributed by atoms with Crippen molar-refractivity contribution >= 4 is 5.91 Å². The van der Waals surface area contributed by atoms with Gasteiger partial charge in [0.05, 0.1) is 19.4 Å². The molecule has 4 rings (SSSR count). The van der Waals surface area contributed by atoms with Crippen molar-refractivity contribution in [3.8, 4) is 11.5 Å². The van der Waals surface area contributed by atoms with E-state index in [0.717, 1.165) is 42.3 Å². The van der Waals surface area contributed by atoms with Gasteiger partial charge in [0, 0.05) is 49.1 Å². The molecule has 0 spiro atoms. The van der Waals surface area contributed by atoms with E-state index in [9.17, 15) is 4.79 Å². The number of ether oxygens (including phenoxy) is 2. The quantitative estimate of drug-likeness (QED) is 0.668. The summed E-state index contributed by atoms with van der Waals surface area (Å²) in [6.07, 6.45) is 4.93. The number of para-hydroxylation sites is 2. The van der Waals surface area contributed by atoms with Crippen LogP contribution in [-0.4, -0.2) is 52.8 Å². The summed E-state index contributed by atoms with van der Waals surface area (Å²) in [5.41, 5.74) is 2.70. The molecule has 0 saturated carbocycles. The molecule has 0 unspecified atom stereocenters. The van der Waals surface area contributed by atoms with E-state index in [4.69, 9.17) is 9.47 Å². The van der Waals surface area contributed by atoms with Gasteiger partial charge in [-0.05, 0) is 36.8 Å². The van der Waals surface area contributed by atoms with Crippen LogP contribution in [0.1, 0.15) is 34.1 Å². The van der Waals surface area contributed by atoms with E-state index in [0.29, 0.717) is 18.7 Å². The number of nitrogens with zero attached hydrogens (tertiary/aromatic N) is 3. The van der Waals surface area contributed by atoms with E-state index in [1.165, 1.54) is 0 Å². The summed E-state index contributed by atoms with van der Waals surface area (Å²) in [6.45, 7) is 1.95. The maximum atomic E-state index is 12.6. The first kappa shape index (κ1) is 19.0. The number of nitrogens with one attached hydrogen (secondary N) is 1. The molecular formula is C22H24N4O3. The number of methoxy groups -OCH3 is 1. The van der Waals surface area contributed by atoms with E-state index < -0.39 is 0 Å². The van der Waals surface area contributed by atoms with Crippen molar-refractivity contribution in [2.45, 2.75) is 18.8 Å². The highest BCUT2D eigenvalue weighted by atomic mass is 16.5. The van der Waals surface area contributed by atoms with Gasteiger partial charge in [-0.1, -0.05) is 12.1 Å². The molecule has 1 atom stereocenters. The molecule has 1 amide bonds. The van der Waals surface area contributed by atoms with Gasteiger partial charge < -0.3 is 14.4 Å². The van der Waals surface area contributed by atoms with Gasteiger partial charge in [-0.25, -0.2) is 0 Å². The van der Waals surface area contributed by atoms with Gasteiger partial charge in [0.2, 0.25) is 0 Å². The smallest absolute Gasteiger partial charge is 0.253 e. The molecule has 150 valence electrons. The topological polar surface area (TPSA) is 80.3 Å². The Bertz CT molecular complexity index is 957. The van der Waals surface area contributed by atoms with Crippen LogP contribution in [0.3, 0.4) is 0 Å². The number of benzene rings is 1. The number of pyridine rings is 1. The highest BCUT2D eigenvalue weighted by Crippen LogP contribution is 2.28. The minimum atomic E-state index is 0.0517. The molecule has 29 heavy (non-hydrogen) atoms. The minimum absolute atomic E-state index is 0.0517. The summed E-state index contributed by atoms with van der Waals surface area (Å²) in [6, 6.07) is 13.2. The number of H-pyrrole nitrogens is 1. The number of aromatic amines is 1. The number of likely N-dealkylation sites (tertiary alicyclic amines) is 1. The lowest BCUT2D eigenvalue weighted by molar-refractivity contribution is 0.0790. The number of carbonyl (C=O) groups is 1. The standard InChI is InChI=1S/C22H24N4O3/c1-28-20-4-2-3-5-21(20)29-13-9-18-14-19(25-24-18)17-8-12-26(15-17)22(27)16-6-10-23-11-7-16/h2-7,10-11,14,17H,8-9,12-13,15H2,1H3,(H,24,25)/t17-/m0/s1. The third kappa shape index (κ3) is 4.39. The lowest BCUT2D eigenvalue weighted by atomic mass is 10.0. The van der Waals surface area contributed by atoms with Crippen LogP contribution in [-0.2, 0) is 6.42 Å². The second-order valence-electron chi connectivity index (χ2n) is 7.04. The summed E-state index contributed by atoms with van der Waals surface area (Å²) < 4.78 is 11.1. The Kier molecular flexibility index (Phi) is 5.74. The Morgan fingerprint density at radius 2 is 2.00 bits per heavy atom. The van der Waals surface area contributed by atoms with Gasteiger partial charge in [-0.2, -0.15) is 5.10 Å². The summed E-state index contributed by atoms with van der Waals surface area (Å²) >= 11 is 0. The third-order valence-electron chi connectivity index (χ3n) is 5.17. The molecular weight excluding hydrogens is 368 g/mol. The Morgan fingerprint density at radius 1 is 1.21 bits per heavy atom. The Hall–Kier alpha value is -3.35. The van der Waals surface area contributed by atoms with Crippen molar-refractivity contribution in [2.24, 2.45) is 0 Å². The molecule has 1 aliphatic heterocycles. The lowest BCUT2D eigenvalue weighted by Crippen LogP contribution is -2.28. The fourth-order valence-electron chi connectivity index (χ4n) is 3.59. The third-order valence-corrected chi connectivity index (χ3v) is 5.17. The molecule has 3 aromatic rings. The summed E-state index contributed by atoms with van der Waals surface area (Å²) in [5, 5.41) is 7.57. The van der Waals surface area contributed by atoms with Crippen molar-refractivity contribution in [2.75, 3.05) is 26.8 Å². The molecule has 1 N–H and O–H groups in total. The number of carbonyl (C=O) groups excluding carboxylic acids is 1. The number of hydrogen-bond acceptors (Lipinski definition) is 5. The largest absolute Gasteiger partial charge is 0.493 e. The SMILES string of the molecule is COc1ccccc1OCCc1cc([C@H]2CCN(C(=O)c3ccncc3)C2)n[nH]1. The van der Waals surface area contributed by atoms with E-state index in [1.54, 1.807) is 31.6 Å². The van der Waals surface area contributed by atoms with Crippen LogP contribution in [0.4, 0.5) is 0 Å². The second kappa shape index (κ2) is 8.77. The van der Waals surface area contributed by atoms with Gasteiger partial charge in [0.1, 0.15) is 0 Å². The Labute approximate surface area is 169 Å². The van der Waals surface area contributed by atoms with Crippen molar-refractivity contribution < 1.29 is 14.3 Å². The van der Waals surface area contributed by atoms with Crippen molar-refractivity contribution in [1.29, 1.82) is 0 Å². The van der Waals surface area contributed by atoms with Gasteiger partial charge in [0.25, 0.3) is 5.91 Å². The predicted octanol–water partition coefficient (Wildman–Crippen LogP) is 3.06. The average molecular weight is 392 g/mol. The van der Waals surface area contributed by atoms with Crippen LogP contribution in [0.5, 0.6) is 11.5 Å². The Morgan fingerprint density at radius 3 is 2.79 bits per heavy atom. The maximum Gasteiger partial charge on any atom is 0.253 e. The summed E-state index contributed by atoms with van der Waals surface area (Å²) in [5.74, 6) is 1.76. The molecule has 1 aliphatic rings. The van der Waals surface area contributed by atoms with Gasteiger partial charge in [-0.3, -0.25) is 14.9 Å². The fourth-order valence-corrected chi connectivity index (χ4v) is 3.59. The van der Waals surface area contributed by atoms with E-state index in [2.05, 4.69) is 21.2 Å². The first-order valence-corrected chi connectivity index (χ1v) is 9.74. The zero-order valence-electron chi connectivity index (χ0n) is 16.4. The summed E-state index contributed by atoms with van der Waals surface area (Å²) in [4.78, 5) is 18.5. The number of hydrogen-bond donors (Lipinski definition) is 1. The monoisotopic (exact) mass is 392 g/mol. The van der Waals surface area contributed by atoms with E-state index >= 15 is 0 Å². The predicted molar refractivity (Wildman–Crippen MR) is 108 cm³/mol. The number of aromatic nitrogens is 3. The van der Waals surface area contributed by atoms with E-state index in [-0.39, 0.29) is 11.8 Å². The molecule has 7 nitrogen and oxygen atoms in total. The van der Waals surface area contributed by atoms with Crippen LogP contribution in [0.25, 0.3) is 0 Å². The zero-order valence-corrected chi connectivity index (χ0v) is 16.4. The van der Waals surface area contributed by atoms with Gasteiger partial charge >= 0.3 is 0 Å². The van der Waals surface area contributed by atoms with Crippen LogP contribution in [0.15, 0.2) is 54.9 Å². The minimum Gasteiger partial charge on any atom is -0.493 e. The molecule has 0 bridgehead atoms. The van der Waals surface area contributed by atoms with Crippen LogP contribution in [0.2, 0.25) is 0 Å². The van der Waals surface area contributed by atoms with Crippen molar-refractivity contribution in [3.05, 3.63) is 71.8 Å². The van der Waals surface area contributed by atoms with Crippen LogP contribution < -0.4 is 9.47 Å².